The number of quaternary nitrogens is 1. The number of nitrogens with zero attached hydrogens (tertiary/aromatic N) is 2. The molecule has 0 aliphatic carbocycles. The van der Waals surface area contributed by atoms with Crippen LogP contribution in [0.3, 0.4) is 0 Å². The Morgan fingerprint density at radius 1 is 1.07 bits per heavy atom. The van der Waals surface area contributed by atoms with E-state index in [4.69, 9.17) is 27.6 Å². The van der Waals surface area contributed by atoms with Gasteiger partial charge in [0.05, 0.1) is 36.2 Å². The second-order valence-electron chi connectivity index (χ2n) is 6.94. The normalized spacial score (nSPS) is 15.5. The number of fused-ring (bicyclic) bond motifs is 1. The van der Waals surface area contributed by atoms with Gasteiger partial charge in [0.1, 0.15) is 5.52 Å². The number of halogens is 3. The summed E-state index contributed by atoms with van der Waals surface area (Å²) >= 11 is 12.1. The fraction of sp³-hybridized carbons (Fsp3) is 0.350. The van der Waals surface area contributed by atoms with E-state index in [9.17, 15) is 0 Å². The molecule has 0 radical (unpaired) electrons. The van der Waals surface area contributed by atoms with Crippen LogP contribution in [0, 0.1) is 0 Å². The highest BCUT2D eigenvalue weighted by molar-refractivity contribution is 6.42. The second-order valence-corrected chi connectivity index (χ2v) is 7.75. The summed E-state index contributed by atoms with van der Waals surface area (Å²) in [4.78, 5) is 8.52. The van der Waals surface area contributed by atoms with Gasteiger partial charge in [0.15, 0.2) is 5.58 Å². The van der Waals surface area contributed by atoms with Crippen LogP contribution in [0.15, 0.2) is 46.9 Å². The van der Waals surface area contributed by atoms with Crippen LogP contribution < -0.4 is 22.6 Å². The molecule has 1 saturated heterocycles. The maximum absolute atomic E-state index is 6.11. The first-order chi connectivity index (χ1) is 13.2. The van der Waals surface area contributed by atoms with Crippen LogP contribution in [0.5, 0.6) is 0 Å². The van der Waals surface area contributed by atoms with E-state index in [0.717, 1.165) is 56.9 Å². The molecule has 5 nitrogen and oxygen atoms in total. The monoisotopic (exact) mass is 440 g/mol. The molecule has 1 aliphatic rings. The molecule has 0 bridgehead atoms. The number of aromatic nitrogens is 1. The summed E-state index contributed by atoms with van der Waals surface area (Å²) < 4.78 is 5.70. The SMILES string of the molecule is Clc1ccc(CN2CC[NH+](CCNc3nc4ccccc4o3)CC2)cc1Cl.[Cl-]. The summed E-state index contributed by atoms with van der Waals surface area (Å²) in [6.45, 7) is 7.27. The predicted molar refractivity (Wildman–Crippen MR) is 110 cm³/mol. The molecule has 2 aromatic carbocycles. The van der Waals surface area contributed by atoms with E-state index in [-0.39, 0.29) is 12.4 Å². The third-order valence-electron chi connectivity index (χ3n) is 5.00. The van der Waals surface area contributed by atoms with E-state index in [1.165, 1.54) is 5.56 Å². The number of anilines is 1. The Morgan fingerprint density at radius 3 is 2.61 bits per heavy atom. The zero-order valence-electron chi connectivity index (χ0n) is 15.4. The smallest absolute Gasteiger partial charge is 0.295 e. The Morgan fingerprint density at radius 2 is 1.86 bits per heavy atom. The number of rotatable bonds is 6. The van der Waals surface area contributed by atoms with Crippen molar-refractivity contribution >= 4 is 40.3 Å². The maximum Gasteiger partial charge on any atom is 0.295 e. The van der Waals surface area contributed by atoms with Crippen molar-refractivity contribution in [1.29, 1.82) is 0 Å². The van der Waals surface area contributed by atoms with Gasteiger partial charge in [-0.3, -0.25) is 4.90 Å². The lowest BCUT2D eigenvalue weighted by Crippen LogP contribution is -3.15. The second kappa shape index (κ2) is 9.81. The number of oxazole rings is 1. The Kier molecular flexibility index (Phi) is 7.43. The summed E-state index contributed by atoms with van der Waals surface area (Å²) in [7, 11) is 0. The van der Waals surface area contributed by atoms with E-state index in [2.05, 4.69) is 21.3 Å². The Balaban J connectivity index is 0.00000225. The molecule has 0 spiro atoms. The van der Waals surface area contributed by atoms with Crippen molar-refractivity contribution in [2.24, 2.45) is 0 Å². The molecule has 150 valence electrons. The minimum absolute atomic E-state index is 0. The van der Waals surface area contributed by atoms with E-state index in [1.54, 1.807) is 4.90 Å². The molecule has 0 atom stereocenters. The number of hydrogen-bond donors (Lipinski definition) is 2. The van der Waals surface area contributed by atoms with Gasteiger partial charge in [0.25, 0.3) is 6.01 Å². The number of para-hydroxylation sites is 2. The lowest BCUT2D eigenvalue weighted by Gasteiger charge is -2.32. The fourth-order valence-electron chi connectivity index (χ4n) is 3.47. The lowest BCUT2D eigenvalue weighted by atomic mass is 10.2. The van der Waals surface area contributed by atoms with Gasteiger partial charge in [0.2, 0.25) is 0 Å². The highest BCUT2D eigenvalue weighted by Crippen LogP contribution is 2.23. The van der Waals surface area contributed by atoms with E-state index in [0.29, 0.717) is 16.1 Å². The summed E-state index contributed by atoms with van der Waals surface area (Å²) in [6.07, 6.45) is 0. The third kappa shape index (κ3) is 5.31. The first-order valence-electron chi connectivity index (χ1n) is 9.27. The average Bonchev–Trinajstić information content (AvgIpc) is 3.09. The summed E-state index contributed by atoms with van der Waals surface area (Å²) in [5.74, 6) is 0. The molecule has 2 N–H and O–H groups in total. The molecule has 1 aromatic heterocycles. The molecule has 2 heterocycles. The first kappa shape index (κ1) is 21.2. The lowest BCUT2D eigenvalue weighted by molar-refractivity contribution is -0.902. The van der Waals surface area contributed by atoms with Crippen molar-refractivity contribution in [3.8, 4) is 0 Å². The van der Waals surface area contributed by atoms with Crippen LogP contribution in [0.1, 0.15) is 5.56 Å². The molecule has 4 rings (SSSR count). The van der Waals surface area contributed by atoms with Gasteiger partial charge in [-0.1, -0.05) is 41.4 Å². The predicted octanol–water partition coefficient (Wildman–Crippen LogP) is -0.0488. The van der Waals surface area contributed by atoms with Gasteiger partial charge < -0.3 is 27.0 Å². The fourth-order valence-corrected chi connectivity index (χ4v) is 3.79. The summed E-state index contributed by atoms with van der Waals surface area (Å²) in [5, 5.41) is 4.55. The molecular weight excluding hydrogens is 419 g/mol. The van der Waals surface area contributed by atoms with Gasteiger partial charge in [-0.15, -0.1) is 0 Å². The minimum Gasteiger partial charge on any atom is -1.00 e. The van der Waals surface area contributed by atoms with Crippen molar-refractivity contribution < 1.29 is 21.7 Å². The molecule has 3 aromatic rings. The number of hydrogen-bond acceptors (Lipinski definition) is 4. The topological polar surface area (TPSA) is 45.7 Å². The molecule has 1 aliphatic heterocycles. The van der Waals surface area contributed by atoms with Crippen LogP contribution in [-0.4, -0.2) is 49.2 Å². The van der Waals surface area contributed by atoms with E-state index < -0.39 is 0 Å². The number of benzene rings is 2. The number of nitrogens with one attached hydrogen (secondary N) is 2. The Hall–Kier alpha value is -1.50. The van der Waals surface area contributed by atoms with Crippen molar-refractivity contribution in [2.75, 3.05) is 44.6 Å². The maximum atomic E-state index is 6.11. The Bertz CT molecular complexity index is 876. The average molecular weight is 442 g/mol. The molecule has 0 unspecified atom stereocenters. The first-order valence-corrected chi connectivity index (χ1v) is 10.0. The zero-order valence-corrected chi connectivity index (χ0v) is 17.7. The third-order valence-corrected chi connectivity index (χ3v) is 5.74. The van der Waals surface area contributed by atoms with Crippen molar-refractivity contribution in [2.45, 2.75) is 6.54 Å². The molecule has 1 fully saturated rings. The van der Waals surface area contributed by atoms with Crippen LogP contribution in [0.2, 0.25) is 10.0 Å². The van der Waals surface area contributed by atoms with Crippen LogP contribution >= 0.6 is 23.2 Å². The summed E-state index contributed by atoms with van der Waals surface area (Å²) in [6, 6.07) is 14.3. The van der Waals surface area contributed by atoms with Crippen molar-refractivity contribution in [3.63, 3.8) is 0 Å². The number of piperazine rings is 1. The molecule has 0 amide bonds. The zero-order chi connectivity index (χ0) is 18.6. The van der Waals surface area contributed by atoms with Crippen molar-refractivity contribution in [1.82, 2.24) is 9.88 Å². The molecule has 28 heavy (non-hydrogen) atoms. The molecule has 8 heteroatoms. The quantitative estimate of drug-likeness (QED) is 0.563. The molecular formula is C20H23Cl3N4O. The van der Waals surface area contributed by atoms with E-state index >= 15 is 0 Å². The largest absolute Gasteiger partial charge is 1.00 e. The van der Waals surface area contributed by atoms with Crippen molar-refractivity contribution in [3.05, 3.63) is 58.1 Å². The van der Waals surface area contributed by atoms with Crippen LogP contribution in [0.4, 0.5) is 6.01 Å². The van der Waals surface area contributed by atoms with Gasteiger partial charge in [-0.2, -0.15) is 4.98 Å². The molecule has 0 saturated carbocycles. The van der Waals surface area contributed by atoms with Crippen LogP contribution in [-0.2, 0) is 6.54 Å². The van der Waals surface area contributed by atoms with Gasteiger partial charge in [0, 0.05) is 19.6 Å². The highest BCUT2D eigenvalue weighted by Gasteiger charge is 2.20. The standard InChI is InChI=1S/C20H22Cl2N4O.ClH/c21-16-6-5-15(13-17(16)22)14-26-11-9-25(10-12-26)8-7-23-20-24-18-3-1-2-4-19(18)27-20;/h1-6,13H,7-12,14H2,(H,23,24);1H. The van der Waals surface area contributed by atoms with Gasteiger partial charge in [-0.05, 0) is 29.8 Å². The highest BCUT2D eigenvalue weighted by atomic mass is 35.5. The van der Waals surface area contributed by atoms with E-state index in [1.807, 2.05) is 36.4 Å². The van der Waals surface area contributed by atoms with Crippen LogP contribution in [0.25, 0.3) is 11.1 Å². The van der Waals surface area contributed by atoms with Gasteiger partial charge >= 0.3 is 0 Å². The minimum atomic E-state index is 0. The Labute approximate surface area is 181 Å². The van der Waals surface area contributed by atoms with Gasteiger partial charge in [-0.25, -0.2) is 0 Å². The summed E-state index contributed by atoms with van der Waals surface area (Å²) in [5.41, 5.74) is 2.93.